The molecule has 3 rings (SSSR count). The molecule has 1 aromatic carbocycles. The topological polar surface area (TPSA) is 82.4 Å². The molecule has 0 atom stereocenters. The fourth-order valence-corrected chi connectivity index (χ4v) is 4.70. The lowest BCUT2D eigenvalue weighted by Gasteiger charge is -2.12. The van der Waals surface area contributed by atoms with E-state index in [4.69, 9.17) is 4.74 Å². The second-order valence-corrected chi connectivity index (χ2v) is 8.35. The first-order valence-electron chi connectivity index (χ1n) is 9.96. The number of nitriles is 1. The zero-order valence-electron chi connectivity index (χ0n) is 17.4. The average molecular weight is 424 g/mol. The van der Waals surface area contributed by atoms with Crippen LogP contribution in [0.2, 0.25) is 0 Å². The summed E-state index contributed by atoms with van der Waals surface area (Å²) in [6.45, 7) is 2.02. The number of thiophene rings is 1. The SMILES string of the molecule is CCOC(=O)c1c(NC(=O)/C(C#N)=C\c2ccc(N(C)C)cc2)sc2c1CCCC2. The van der Waals surface area contributed by atoms with Crippen LogP contribution in [-0.2, 0) is 22.4 Å². The van der Waals surface area contributed by atoms with Crippen molar-refractivity contribution in [2.24, 2.45) is 0 Å². The highest BCUT2D eigenvalue weighted by molar-refractivity contribution is 7.17. The van der Waals surface area contributed by atoms with Gasteiger partial charge in [0.25, 0.3) is 5.91 Å². The second kappa shape index (κ2) is 9.59. The number of carbonyl (C=O) groups is 2. The maximum atomic E-state index is 12.8. The number of ether oxygens (including phenoxy) is 1. The number of hydrogen-bond acceptors (Lipinski definition) is 6. The molecule has 0 saturated heterocycles. The van der Waals surface area contributed by atoms with Crippen LogP contribution in [0.15, 0.2) is 29.8 Å². The predicted octanol–water partition coefficient (Wildman–Crippen LogP) is 4.42. The van der Waals surface area contributed by atoms with Crippen LogP contribution in [0.1, 0.15) is 46.1 Å². The van der Waals surface area contributed by atoms with E-state index in [1.807, 2.05) is 49.3 Å². The third kappa shape index (κ3) is 4.71. The fourth-order valence-electron chi connectivity index (χ4n) is 3.43. The molecule has 156 valence electrons. The largest absolute Gasteiger partial charge is 0.462 e. The number of hydrogen-bond donors (Lipinski definition) is 1. The van der Waals surface area contributed by atoms with Gasteiger partial charge in [0, 0.05) is 24.7 Å². The summed E-state index contributed by atoms with van der Waals surface area (Å²) in [5.41, 5.74) is 3.18. The summed E-state index contributed by atoms with van der Waals surface area (Å²) in [4.78, 5) is 28.4. The van der Waals surface area contributed by atoms with Crippen molar-refractivity contribution in [1.29, 1.82) is 5.26 Å². The predicted molar refractivity (Wildman–Crippen MR) is 120 cm³/mol. The van der Waals surface area contributed by atoms with Crippen molar-refractivity contribution in [2.75, 3.05) is 30.9 Å². The maximum absolute atomic E-state index is 12.8. The molecule has 0 bridgehead atoms. The smallest absolute Gasteiger partial charge is 0.341 e. The first-order chi connectivity index (χ1) is 14.4. The molecule has 1 aromatic heterocycles. The Morgan fingerprint density at radius 3 is 2.57 bits per heavy atom. The molecule has 0 aliphatic heterocycles. The lowest BCUT2D eigenvalue weighted by Crippen LogP contribution is -2.16. The van der Waals surface area contributed by atoms with Gasteiger partial charge in [0.2, 0.25) is 0 Å². The van der Waals surface area contributed by atoms with E-state index < -0.39 is 11.9 Å². The van der Waals surface area contributed by atoms with E-state index in [2.05, 4.69) is 5.32 Å². The molecule has 1 amide bonds. The Hall–Kier alpha value is -3.11. The lowest BCUT2D eigenvalue weighted by molar-refractivity contribution is -0.112. The highest BCUT2D eigenvalue weighted by Crippen LogP contribution is 2.38. The monoisotopic (exact) mass is 423 g/mol. The number of anilines is 2. The molecule has 30 heavy (non-hydrogen) atoms. The van der Waals surface area contributed by atoms with E-state index in [-0.39, 0.29) is 12.2 Å². The number of rotatable bonds is 6. The first-order valence-corrected chi connectivity index (χ1v) is 10.8. The fraction of sp³-hybridized carbons (Fsp3) is 0.348. The Balaban J connectivity index is 1.87. The van der Waals surface area contributed by atoms with E-state index >= 15 is 0 Å². The van der Waals surface area contributed by atoms with E-state index in [1.165, 1.54) is 11.3 Å². The standard InChI is InChI=1S/C23H25N3O3S/c1-4-29-23(28)20-18-7-5-6-8-19(18)30-22(20)25-21(27)16(14-24)13-15-9-11-17(12-10-15)26(2)3/h9-13H,4-8H2,1-3H3,(H,25,27)/b16-13-. The van der Waals surface area contributed by atoms with Gasteiger partial charge in [-0.15, -0.1) is 11.3 Å². The van der Waals surface area contributed by atoms with Gasteiger partial charge in [0.1, 0.15) is 16.6 Å². The van der Waals surface area contributed by atoms with Crippen molar-refractivity contribution in [3.63, 3.8) is 0 Å². The third-order valence-corrected chi connectivity index (χ3v) is 6.17. The van der Waals surface area contributed by atoms with Gasteiger partial charge < -0.3 is 15.0 Å². The number of aryl methyl sites for hydroxylation is 1. The Morgan fingerprint density at radius 1 is 1.23 bits per heavy atom. The summed E-state index contributed by atoms with van der Waals surface area (Å²) in [6, 6.07) is 9.52. The van der Waals surface area contributed by atoms with Crippen molar-refractivity contribution < 1.29 is 14.3 Å². The van der Waals surface area contributed by atoms with E-state index in [0.29, 0.717) is 10.6 Å². The zero-order chi connectivity index (χ0) is 21.7. The van der Waals surface area contributed by atoms with E-state index in [9.17, 15) is 14.9 Å². The highest BCUT2D eigenvalue weighted by atomic mass is 32.1. The Morgan fingerprint density at radius 2 is 1.93 bits per heavy atom. The van der Waals surface area contributed by atoms with Gasteiger partial charge >= 0.3 is 5.97 Å². The van der Waals surface area contributed by atoms with Gasteiger partial charge in [-0.25, -0.2) is 4.79 Å². The number of esters is 1. The zero-order valence-corrected chi connectivity index (χ0v) is 18.3. The number of benzene rings is 1. The molecule has 1 N–H and O–H groups in total. The number of nitrogens with one attached hydrogen (secondary N) is 1. The van der Waals surface area contributed by atoms with Gasteiger partial charge in [0.15, 0.2) is 0 Å². The van der Waals surface area contributed by atoms with Crippen LogP contribution in [0, 0.1) is 11.3 Å². The van der Waals surface area contributed by atoms with Gasteiger partial charge in [-0.1, -0.05) is 12.1 Å². The van der Waals surface area contributed by atoms with E-state index in [0.717, 1.165) is 47.4 Å². The first kappa shape index (κ1) is 21.6. The molecule has 0 unspecified atom stereocenters. The molecule has 6 nitrogen and oxygen atoms in total. The van der Waals surface area contributed by atoms with Crippen LogP contribution < -0.4 is 10.2 Å². The quantitative estimate of drug-likeness (QED) is 0.423. The van der Waals surface area contributed by atoms with Crippen LogP contribution in [0.4, 0.5) is 10.7 Å². The van der Waals surface area contributed by atoms with Gasteiger partial charge in [-0.05, 0) is 61.9 Å². The molecule has 1 heterocycles. The van der Waals surface area contributed by atoms with Gasteiger partial charge in [0.05, 0.1) is 12.2 Å². The molecule has 1 aliphatic rings. The molecular formula is C23H25N3O3S. The van der Waals surface area contributed by atoms with Crippen LogP contribution in [0.5, 0.6) is 0 Å². The maximum Gasteiger partial charge on any atom is 0.341 e. The summed E-state index contributed by atoms with van der Waals surface area (Å²) < 4.78 is 5.22. The van der Waals surface area contributed by atoms with Crippen LogP contribution in [-0.4, -0.2) is 32.6 Å². The summed E-state index contributed by atoms with van der Waals surface area (Å²) in [7, 11) is 3.89. The molecule has 1 aliphatic carbocycles. The number of carbonyl (C=O) groups excluding carboxylic acids is 2. The summed E-state index contributed by atoms with van der Waals surface area (Å²) in [6.07, 6.45) is 5.31. The average Bonchev–Trinajstić information content (AvgIpc) is 3.10. The normalized spacial score (nSPS) is 13.2. The minimum atomic E-state index is -0.529. The third-order valence-electron chi connectivity index (χ3n) is 4.96. The van der Waals surface area contributed by atoms with Crippen molar-refractivity contribution in [3.8, 4) is 6.07 Å². The Labute approximate surface area is 180 Å². The second-order valence-electron chi connectivity index (χ2n) is 7.25. The minimum Gasteiger partial charge on any atom is -0.462 e. The van der Waals surface area contributed by atoms with Crippen LogP contribution in [0.25, 0.3) is 6.08 Å². The number of amides is 1. The molecule has 0 fully saturated rings. The molecular weight excluding hydrogens is 398 g/mol. The Bertz CT molecular complexity index is 1010. The van der Waals surface area contributed by atoms with Crippen molar-refractivity contribution in [3.05, 3.63) is 51.4 Å². The van der Waals surface area contributed by atoms with Gasteiger partial charge in [-0.3, -0.25) is 4.79 Å². The highest BCUT2D eigenvalue weighted by Gasteiger charge is 2.27. The van der Waals surface area contributed by atoms with Crippen LogP contribution >= 0.6 is 11.3 Å². The molecule has 2 aromatic rings. The lowest BCUT2D eigenvalue weighted by atomic mass is 9.95. The molecule has 0 saturated carbocycles. The number of nitrogens with zero attached hydrogens (tertiary/aromatic N) is 2. The van der Waals surface area contributed by atoms with Crippen molar-refractivity contribution >= 4 is 40.0 Å². The summed E-state index contributed by atoms with van der Waals surface area (Å²) >= 11 is 1.41. The molecule has 0 radical (unpaired) electrons. The van der Waals surface area contributed by atoms with Crippen molar-refractivity contribution in [1.82, 2.24) is 0 Å². The summed E-state index contributed by atoms with van der Waals surface area (Å²) in [5, 5.41) is 12.8. The van der Waals surface area contributed by atoms with Crippen LogP contribution in [0.3, 0.4) is 0 Å². The molecule has 7 heteroatoms. The molecule has 0 spiro atoms. The van der Waals surface area contributed by atoms with E-state index in [1.54, 1.807) is 13.0 Å². The Kier molecular flexibility index (Phi) is 6.91. The number of fused-ring (bicyclic) bond motifs is 1. The summed E-state index contributed by atoms with van der Waals surface area (Å²) in [5.74, 6) is -0.952. The minimum absolute atomic E-state index is 0.0196. The van der Waals surface area contributed by atoms with Crippen molar-refractivity contribution in [2.45, 2.75) is 32.6 Å². The van der Waals surface area contributed by atoms with Gasteiger partial charge in [-0.2, -0.15) is 5.26 Å².